The Hall–Kier alpha value is -4.06. The number of rotatable bonds is 15. The molecule has 0 saturated heterocycles. The van der Waals surface area contributed by atoms with Crippen LogP contribution in [0, 0.1) is 0 Å². The number of nitrogens with zero attached hydrogens (tertiary/aromatic N) is 2. The van der Waals surface area contributed by atoms with E-state index in [4.69, 9.17) is 21.1 Å². The van der Waals surface area contributed by atoms with E-state index in [0.29, 0.717) is 17.2 Å². The van der Waals surface area contributed by atoms with Gasteiger partial charge in [0.2, 0.25) is 11.8 Å². The molecule has 0 aliphatic carbocycles. The van der Waals surface area contributed by atoms with Crippen LogP contribution in [0.5, 0.6) is 11.5 Å². The average molecular weight is 757 g/mol. The fourth-order valence-electron chi connectivity index (χ4n) is 5.02. The standard InChI is InChI=1S/C36H39BrClN3O6S/c1-5-25(2)39-36(43)32(21-26-9-7-6-8-10-26)40(23-27-11-13-28(37)14-12-27)35(42)24-41(30-17-15-29(38)16-18-30)48(44,45)31-19-20-33(46-3)34(22-31)47-4/h6-20,22,25,32H,5,21,23-24H2,1-4H3,(H,39,43). The minimum absolute atomic E-state index is 0.0579. The Bertz CT molecular complexity index is 1790. The van der Waals surface area contributed by atoms with Gasteiger partial charge in [0.15, 0.2) is 11.5 Å². The Balaban J connectivity index is 1.82. The number of sulfonamides is 1. The number of anilines is 1. The van der Waals surface area contributed by atoms with E-state index in [1.807, 2.05) is 68.4 Å². The van der Waals surface area contributed by atoms with E-state index < -0.39 is 28.5 Å². The first-order chi connectivity index (χ1) is 23.0. The molecule has 2 atom stereocenters. The molecule has 4 aromatic carbocycles. The van der Waals surface area contributed by atoms with E-state index in [0.717, 1.165) is 19.9 Å². The second kappa shape index (κ2) is 16.9. The Morgan fingerprint density at radius 2 is 1.52 bits per heavy atom. The number of hydrogen-bond acceptors (Lipinski definition) is 6. The smallest absolute Gasteiger partial charge is 0.264 e. The summed E-state index contributed by atoms with van der Waals surface area (Å²) in [7, 11) is -1.50. The highest BCUT2D eigenvalue weighted by Gasteiger charge is 2.35. The average Bonchev–Trinajstić information content (AvgIpc) is 3.09. The van der Waals surface area contributed by atoms with Gasteiger partial charge >= 0.3 is 0 Å². The van der Waals surface area contributed by atoms with Gasteiger partial charge in [-0.25, -0.2) is 8.42 Å². The van der Waals surface area contributed by atoms with Crippen molar-refractivity contribution < 1.29 is 27.5 Å². The van der Waals surface area contributed by atoms with Crippen molar-refractivity contribution in [2.24, 2.45) is 0 Å². The van der Waals surface area contributed by atoms with E-state index in [9.17, 15) is 18.0 Å². The fraction of sp³-hybridized carbons (Fsp3) is 0.278. The summed E-state index contributed by atoms with van der Waals surface area (Å²) in [6.45, 7) is 3.32. The van der Waals surface area contributed by atoms with Crippen molar-refractivity contribution in [2.75, 3.05) is 25.1 Å². The molecule has 9 nitrogen and oxygen atoms in total. The highest BCUT2D eigenvalue weighted by atomic mass is 79.9. The number of benzene rings is 4. The van der Waals surface area contributed by atoms with Gasteiger partial charge in [-0.15, -0.1) is 0 Å². The van der Waals surface area contributed by atoms with E-state index in [2.05, 4.69) is 21.2 Å². The lowest BCUT2D eigenvalue weighted by Crippen LogP contribution is -2.54. The number of ether oxygens (including phenoxy) is 2. The second-order valence-corrected chi connectivity index (χ2v) is 14.4. The number of methoxy groups -OCH3 is 2. The molecule has 2 amide bonds. The van der Waals surface area contributed by atoms with E-state index in [-0.39, 0.29) is 41.2 Å². The van der Waals surface area contributed by atoms with Crippen LogP contribution in [0.2, 0.25) is 5.02 Å². The van der Waals surface area contributed by atoms with Gasteiger partial charge < -0.3 is 19.7 Å². The maximum Gasteiger partial charge on any atom is 0.264 e. The predicted molar refractivity (Wildman–Crippen MR) is 192 cm³/mol. The first-order valence-corrected chi connectivity index (χ1v) is 18.0. The van der Waals surface area contributed by atoms with Crippen molar-refractivity contribution in [3.8, 4) is 11.5 Å². The molecule has 0 spiro atoms. The zero-order valence-corrected chi connectivity index (χ0v) is 30.4. The molecular formula is C36H39BrClN3O6S. The van der Waals surface area contributed by atoms with Crippen LogP contribution in [0.25, 0.3) is 0 Å². The van der Waals surface area contributed by atoms with Crippen LogP contribution in [0.15, 0.2) is 106 Å². The molecule has 0 radical (unpaired) electrons. The molecule has 4 rings (SSSR count). The van der Waals surface area contributed by atoms with Gasteiger partial charge in [0.25, 0.3) is 10.0 Å². The quantitative estimate of drug-likeness (QED) is 0.142. The van der Waals surface area contributed by atoms with Crippen molar-refractivity contribution in [3.05, 3.63) is 118 Å². The van der Waals surface area contributed by atoms with Crippen LogP contribution < -0.4 is 19.1 Å². The topological polar surface area (TPSA) is 105 Å². The number of halogens is 2. The summed E-state index contributed by atoms with van der Waals surface area (Å²) in [5, 5.41) is 3.44. The molecular weight excluding hydrogens is 718 g/mol. The van der Waals surface area contributed by atoms with Gasteiger partial charge in [-0.3, -0.25) is 13.9 Å². The largest absolute Gasteiger partial charge is 0.493 e. The molecule has 0 saturated carbocycles. The number of carbonyl (C=O) groups is 2. The number of amides is 2. The van der Waals surface area contributed by atoms with E-state index in [1.54, 1.807) is 12.1 Å². The van der Waals surface area contributed by atoms with Gasteiger partial charge in [0, 0.05) is 34.6 Å². The summed E-state index contributed by atoms with van der Waals surface area (Å²) in [6.07, 6.45) is 0.910. The number of hydrogen-bond donors (Lipinski definition) is 1. The van der Waals surface area contributed by atoms with Crippen LogP contribution >= 0.6 is 27.5 Å². The van der Waals surface area contributed by atoms with Crippen molar-refractivity contribution in [2.45, 2.75) is 50.2 Å². The molecule has 0 aliphatic heterocycles. The van der Waals surface area contributed by atoms with E-state index in [1.165, 1.54) is 49.5 Å². The third kappa shape index (κ3) is 9.30. The molecule has 0 fully saturated rings. The first kappa shape index (κ1) is 36.8. The normalized spacial score (nSPS) is 12.5. The third-order valence-corrected chi connectivity index (χ3v) is 10.4. The molecule has 0 aliphatic rings. The van der Waals surface area contributed by atoms with Crippen molar-refractivity contribution in [1.82, 2.24) is 10.2 Å². The van der Waals surface area contributed by atoms with Crippen LogP contribution in [0.4, 0.5) is 5.69 Å². The SMILES string of the molecule is CCC(C)NC(=O)C(Cc1ccccc1)N(Cc1ccc(Br)cc1)C(=O)CN(c1ccc(Cl)cc1)S(=O)(=O)c1ccc(OC)c(OC)c1. The van der Waals surface area contributed by atoms with Crippen LogP contribution in [-0.4, -0.2) is 58.0 Å². The Kier molecular flexibility index (Phi) is 12.9. The van der Waals surface area contributed by atoms with Crippen molar-refractivity contribution >= 4 is 55.1 Å². The maximum absolute atomic E-state index is 14.6. The number of carbonyl (C=O) groups excluding carboxylic acids is 2. The molecule has 254 valence electrons. The van der Waals surface area contributed by atoms with Gasteiger partial charge in [-0.1, -0.05) is 76.9 Å². The molecule has 12 heteroatoms. The minimum Gasteiger partial charge on any atom is -0.493 e. The van der Waals surface area contributed by atoms with Crippen LogP contribution in [-0.2, 0) is 32.6 Å². The first-order valence-electron chi connectivity index (χ1n) is 15.3. The summed E-state index contributed by atoms with van der Waals surface area (Å²) in [5.74, 6) is -0.346. The zero-order valence-electron chi connectivity index (χ0n) is 27.2. The van der Waals surface area contributed by atoms with Gasteiger partial charge in [0.1, 0.15) is 12.6 Å². The predicted octanol–water partition coefficient (Wildman–Crippen LogP) is 6.87. The lowest BCUT2D eigenvalue weighted by molar-refractivity contribution is -0.140. The Morgan fingerprint density at radius 1 is 0.875 bits per heavy atom. The lowest BCUT2D eigenvalue weighted by atomic mass is 10.0. The van der Waals surface area contributed by atoms with E-state index >= 15 is 0 Å². The van der Waals surface area contributed by atoms with Gasteiger partial charge in [0.05, 0.1) is 24.8 Å². The maximum atomic E-state index is 14.6. The molecule has 1 N–H and O–H groups in total. The minimum atomic E-state index is -4.36. The summed E-state index contributed by atoms with van der Waals surface area (Å²) < 4.78 is 41.3. The van der Waals surface area contributed by atoms with Crippen LogP contribution in [0.1, 0.15) is 31.4 Å². The summed E-state index contributed by atoms with van der Waals surface area (Å²) in [6, 6.07) is 26.1. The molecule has 2 unspecified atom stereocenters. The van der Waals surface area contributed by atoms with Crippen molar-refractivity contribution in [1.29, 1.82) is 0 Å². The monoisotopic (exact) mass is 755 g/mol. The molecule has 0 heterocycles. The van der Waals surface area contributed by atoms with Gasteiger partial charge in [-0.05, 0) is 73.0 Å². The zero-order chi connectivity index (χ0) is 34.8. The lowest BCUT2D eigenvalue weighted by Gasteiger charge is -2.34. The van der Waals surface area contributed by atoms with Crippen LogP contribution in [0.3, 0.4) is 0 Å². The number of nitrogens with one attached hydrogen (secondary N) is 1. The molecule has 48 heavy (non-hydrogen) atoms. The highest BCUT2D eigenvalue weighted by molar-refractivity contribution is 9.10. The van der Waals surface area contributed by atoms with Crippen molar-refractivity contribution in [3.63, 3.8) is 0 Å². The summed E-state index contributed by atoms with van der Waals surface area (Å²) in [4.78, 5) is 29.9. The molecule has 0 bridgehead atoms. The molecule has 0 aromatic heterocycles. The third-order valence-electron chi connectivity index (χ3n) is 7.87. The fourth-order valence-corrected chi connectivity index (χ4v) is 6.84. The second-order valence-electron chi connectivity index (χ2n) is 11.2. The Morgan fingerprint density at radius 3 is 2.12 bits per heavy atom. The van der Waals surface area contributed by atoms with Gasteiger partial charge in [-0.2, -0.15) is 0 Å². The summed E-state index contributed by atoms with van der Waals surface area (Å²) in [5.41, 5.74) is 1.83. The molecule has 4 aromatic rings. The summed E-state index contributed by atoms with van der Waals surface area (Å²) >= 11 is 9.62. The highest BCUT2D eigenvalue weighted by Crippen LogP contribution is 2.33. The Labute approximate surface area is 296 Å².